The number of unbranched alkanes of at least 4 members (excludes halogenated alkanes) is 3. The molecule has 1 amide bonds. The Morgan fingerprint density at radius 2 is 1.73 bits per heavy atom. The molecule has 41 heavy (non-hydrogen) atoms. The molecule has 232 valence electrons. The van der Waals surface area contributed by atoms with Crippen molar-refractivity contribution >= 4 is 12.1 Å². The van der Waals surface area contributed by atoms with Gasteiger partial charge < -0.3 is 14.8 Å². The predicted molar refractivity (Wildman–Crippen MR) is 166 cm³/mol. The predicted octanol–water partition coefficient (Wildman–Crippen LogP) is 9.17. The van der Waals surface area contributed by atoms with Crippen molar-refractivity contribution in [3.63, 3.8) is 0 Å². The van der Waals surface area contributed by atoms with E-state index in [-0.39, 0.29) is 24.0 Å². The van der Waals surface area contributed by atoms with Gasteiger partial charge in [-0.2, -0.15) is 0 Å². The molecule has 4 rings (SSSR count). The summed E-state index contributed by atoms with van der Waals surface area (Å²) >= 11 is 0. The van der Waals surface area contributed by atoms with Gasteiger partial charge in [0, 0.05) is 6.42 Å². The summed E-state index contributed by atoms with van der Waals surface area (Å²) in [6, 6.07) is 0. The molecule has 2 fully saturated rings. The number of carbonyl (C=O) groups is 2. The quantitative estimate of drug-likeness (QED) is 0.136. The van der Waals surface area contributed by atoms with Crippen molar-refractivity contribution < 1.29 is 19.1 Å². The van der Waals surface area contributed by atoms with Crippen LogP contribution in [-0.4, -0.2) is 31.3 Å². The maximum atomic E-state index is 12.5. The standard InChI is InChI=1S/C36H59NO4/c1-7-8-9-10-22-40-34(39)37-24-33(38)41-28-18-20-35(5)27(23-28)14-15-29-31-17-16-30(26(4)13-11-12-25(2)3)36(31,6)21-19-32(29)35/h14,16,25-26,28-29,31-32H,7-13,15,17-24H2,1-6H3,(H,37,39)/t26-,28?,29+,31+,32+,35+,36-/m1/s1. The Morgan fingerprint density at radius 3 is 2.49 bits per heavy atom. The molecule has 0 saturated heterocycles. The van der Waals surface area contributed by atoms with Crippen LogP contribution in [0.3, 0.4) is 0 Å². The summed E-state index contributed by atoms with van der Waals surface area (Å²) in [4.78, 5) is 24.4. The molecule has 0 radical (unpaired) electrons. The fourth-order valence-electron chi connectivity index (χ4n) is 9.20. The molecule has 0 spiro atoms. The number of amides is 1. The van der Waals surface area contributed by atoms with Gasteiger partial charge in [0.1, 0.15) is 12.6 Å². The largest absolute Gasteiger partial charge is 0.461 e. The summed E-state index contributed by atoms with van der Waals surface area (Å²) in [5.41, 5.74) is 3.88. The lowest BCUT2D eigenvalue weighted by atomic mass is 9.47. The van der Waals surface area contributed by atoms with Gasteiger partial charge in [-0.05, 0) is 91.8 Å². The average Bonchev–Trinajstić information content (AvgIpc) is 3.29. The molecule has 4 aliphatic rings. The van der Waals surface area contributed by atoms with Gasteiger partial charge >= 0.3 is 12.1 Å². The Morgan fingerprint density at radius 1 is 0.951 bits per heavy atom. The number of rotatable bonds is 13. The smallest absolute Gasteiger partial charge is 0.407 e. The first-order valence-corrected chi connectivity index (χ1v) is 17.1. The highest BCUT2D eigenvalue weighted by Crippen LogP contribution is 2.66. The molecule has 1 unspecified atom stereocenters. The molecular weight excluding hydrogens is 510 g/mol. The second kappa shape index (κ2) is 14.1. The summed E-state index contributed by atoms with van der Waals surface area (Å²) < 4.78 is 11.0. The number of allylic oxidation sites excluding steroid dienone is 3. The highest BCUT2D eigenvalue weighted by atomic mass is 16.6. The minimum atomic E-state index is -0.533. The number of hydrogen-bond acceptors (Lipinski definition) is 4. The van der Waals surface area contributed by atoms with E-state index in [1.54, 1.807) is 5.57 Å². The van der Waals surface area contributed by atoms with Crippen LogP contribution in [0.2, 0.25) is 0 Å². The van der Waals surface area contributed by atoms with Crippen molar-refractivity contribution in [2.24, 2.45) is 40.4 Å². The van der Waals surface area contributed by atoms with Crippen LogP contribution in [0.25, 0.3) is 0 Å². The Balaban J connectivity index is 1.28. The lowest BCUT2D eigenvalue weighted by molar-refractivity contribution is -0.150. The summed E-state index contributed by atoms with van der Waals surface area (Å²) in [5.74, 6) is 3.40. The highest BCUT2D eigenvalue weighted by Gasteiger charge is 2.57. The van der Waals surface area contributed by atoms with Gasteiger partial charge in [0.15, 0.2) is 0 Å². The lowest BCUT2D eigenvalue weighted by Crippen LogP contribution is -2.50. The Kier molecular flexibility index (Phi) is 11.1. The third kappa shape index (κ3) is 7.42. The molecule has 5 nitrogen and oxygen atoms in total. The van der Waals surface area contributed by atoms with Crippen molar-refractivity contribution in [3.05, 3.63) is 23.3 Å². The Hall–Kier alpha value is -1.78. The zero-order valence-electron chi connectivity index (χ0n) is 27.1. The fourth-order valence-corrected chi connectivity index (χ4v) is 9.20. The van der Waals surface area contributed by atoms with Crippen LogP contribution in [0.4, 0.5) is 4.79 Å². The van der Waals surface area contributed by atoms with Crippen LogP contribution in [0.5, 0.6) is 0 Å². The molecule has 0 aromatic heterocycles. The zero-order valence-corrected chi connectivity index (χ0v) is 27.1. The minimum absolute atomic E-state index is 0.0921. The molecule has 7 atom stereocenters. The summed E-state index contributed by atoms with van der Waals surface area (Å²) in [7, 11) is 0. The molecule has 0 bridgehead atoms. The topological polar surface area (TPSA) is 64.6 Å². The van der Waals surface area contributed by atoms with Crippen molar-refractivity contribution in [1.82, 2.24) is 5.32 Å². The third-order valence-corrected chi connectivity index (χ3v) is 11.6. The maximum Gasteiger partial charge on any atom is 0.407 e. The average molecular weight is 570 g/mol. The monoisotopic (exact) mass is 569 g/mol. The fraction of sp³-hybridized carbons (Fsp3) is 0.833. The third-order valence-electron chi connectivity index (χ3n) is 11.6. The summed E-state index contributed by atoms with van der Waals surface area (Å²) in [5, 5.41) is 2.56. The van der Waals surface area contributed by atoms with Gasteiger partial charge in [-0.15, -0.1) is 0 Å². The Bertz CT molecular complexity index is 969. The van der Waals surface area contributed by atoms with Gasteiger partial charge in [0.2, 0.25) is 0 Å². The molecule has 5 heteroatoms. The highest BCUT2D eigenvalue weighted by molar-refractivity contribution is 5.78. The van der Waals surface area contributed by atoms with E-state index in [1.165, 1.54) is 50.5 Å². The van der Waals surface area contributed by atoms with Crippen molar-refractivity contribution in [2.45, 2.75) is 138 Å². The SMILES string of the molecule is CCCCCCOC(=O)NCC(=O)OC1CC[C@@]2(C)C(=CC[C@@H]3[C@@H]2CC[C@]2(C)C([C@H](C)CCCC(C)C)=CC[C@@H]32)C1. The number of hydrogen-bond donors (Lipinski definition) is 1. The van der Waals surface area contributed by atoms with Crippen molar-refractivity contribution in [3.8, 4) is 0 Å². The first kappa shape index (κ1) is 32.1. The van der Waals surface area contributed by atoms with Gasteiger partial charge in [0.05, 0.1) is 6.61 Å². The maximum absolute atomic E-state index is 12.5. The normalized spacial score (nSPS) is 33.1. The first-order chi connectivity index (χ1) is 19.6. The van der Waals surface area contributed by atoms with Crippen molar-refractivity contribution in [2.75, 3.05) is 13.2 Å². The van der Waals surface area contributed by atoms with E-state index in [0.29, 0.717) is 17.9 Å². The van der Waals surface area contributed by atoms with E-state index in [0.717, 1.165) is 68.6 Å². The van der Waals surface area contributed by atoms with E-state index >= 15 is 0 Å². The number of fused-ring (bicyclic) bond motifs is 5. The zero-order chi connectivity index (χ0) is 29.6. The molecule has 1 N–H and O–H groups in total. The Labute approximate surface area is 250 Å². The first-order valence-electron chi connectivity index (χ1n) is 17.1. The van der Waals surface area contributed by atoms with Gasteiger partial charge in [-0.25, -0.2) is 4.79 Å². The molecular formula is C36H59NO4. The molecule has 0 aliphatic heterocycles. The van der Waals surface area contributed by atoms with Crippen LogP contribution in [-0.2, 0) is 14.3 Å². The van der Waals surface area contributed by atoms with Crippen LogP contribution in [0, 0.1) is 40.4 Å². The number of carbonyl (C=O) groups excluding carboxylic acids is 2. The lowest BCUT2D eigenvalue weighted by Gasteiger charge is -2.58. The second-order valence-corrected chi connectivity index (χ2v) is 14.7. The summed E-state index contributed by atoms with van der Waals surface area (Å²) in [6.07, 6.45) is 20.7. The minimum Gasteiger partial charge on any atom is -0.461 e. The van der Waals surface area contributed by atoms with E-state index < -0.39 is 6.09 Å². The molecule has 0 aromatic carbocycles. The van der Waals surface area contributed by atoms with Crippen molar-refractivity contribution in [1.29, 1.82) is 0 Å². The molecule has 2 saturated carbocycles. The molecule has 0 aromatic rings. The number of alkyl carbamates (subject to hydrolysis) is 1. The van der Waals surface area contributed by atoms with E-state index in [2.05, 4.69) is 59.0 Å². The molecule has 4 aliphatic carbocycles. The number of ether oxygens (including phenoxy) is 2. The second-order valence-electron chi connectivity index (χ2n) is 14.7. The number of esters is 1. The van der Waals surface area contributed by atoms with Gasteiger partial charge in [-0.3, -0.25) is 4.79 Å². The van der Waals surface area contributed by atoms with Crippen LogP contribution in [0.15, 0.2) is 23.3 Å². The van der Waals surface area contributed by atoms with Crippen LogP contribution in [0.1, 0.15) is 131 Å². The van der Waals surface area contributed by atoms with E-state index in [1.807, 2.05) is 0 Å². The van der Waals surface area contributed by atoms with Gasteiger partial charge in [0.25, 0.3) is 0 Å². The van der Waals surface area contributed by atoms with Crippen LogP contribution < -0.4 is 5.32 Å². The van der Waals surface area contributed by atoms with Crippen LogP contribution >= 0.6 is 0 Å². The summed E-state index contributed by atoms with van der Waals surface area (Å²) in [6.45, 7) is 14.7. The van der Waals surface area contributed by atoms with E-state index in [4.69, 9.17) is 9.47 Å². The molecule has 0 heterocycles. The van der Waals surface area contributed by atoms with Gasteiger partial charge in [-0.1, -0.05) is 96.9 Å². The number of nitrogens with one attached hydrogen (secondary N) is 1. The van der Waals surface area contributed by atoms with E-state index in [9.17, 15) is 9.59 Å².